The first-order valence-corrected chi connectivity index (χ1v) is 7.95. The molecule has 1 heterocycles. The molecule has 0 radical (unpaired) electrons. The molecule has 2 nitrogen and oxygen atoms in total. The topological polar surface area (TPSA) is 20.3 Å². The molecule has 0 aromatic heterocycles. The Kier molecular flexibility index (Phi) is 3.75. The Morgan fingerprint density at radius 3 is 2.11 bits per heavy atom. The minimum Gasteiger partial charge on any atom is -0.334 e. The lowest BCUT2D eigenvalue weighted by molar-refractivity contribution is -0.146. The third-order valence-electron chi connectivity index (χ3n) is 5.08. The highest BCUT2D eigenvalue weighted by Crippen LogP contribution is 2.44. The van der Waals surface area contributed by atoms with Gasteiger partial charge in [-0.15, -0.1) is 0 Å². The number of amides is 1. The highest BCUT2D eigenvalue weighted by Gasteiger charge is 2.47. The molecule has 3 atom stereocenters. The van der Waals surface area contributed by atoms with E-state index in [-0.39, 0.29) is 16.9 Å². The lowest BCUT2D eigenvalue weighted by Crippen LogP contribution is -2.54. The zero-order valence-corrected chi connectivity index (χ0v) is 13.6. The van der Waals surface area contributed by atoms with Gasteiger partial charge in [-0.1, -0.05) is 27.2 Å². The van der Waals surface area contributed by atoms with E-state index in [2.05, 4.69) is 46.4 Å². The molecule has 0 aromatic rings. The average Bonchev–Trinajstić information content (AvgIpc) is 2.57. The highest BCUT2D eigenvalue weighted by molar-refractivity contribution is 5.81. The minimum atomic E-state index is -0.0435. The van der Waals surface area contributed by atoms with Gasteiger partial charge in [0, 0.05) is 17.5 Å². The summed E-state index contributed by atoms with van der Waals surface area (Å²) >= 11 is 0. The Hall–Kier alpha value is -0.530. The van der Waals surface area contributed by atoms with E-state index in [4.69, 9.17) is 0 Å². The number of carbonyl (C=O) groups is 1. The van der Waals surface area contributed by atoms with Crippen LogP contribution in [0.1, 0.15) is 73.6 Å². The molecule has 110 valence electrons. The Balaban J connectivity index is 2.36. The van der Waals surface area contributed by atoms with E-state index in [0.717, 1.165) is 12.3 Å². The smallest absolute Gasteiger partial charge is 0.226 e. The van der Waals surface area contributed by atoms with Crippen LogP contribution in [0.2, 0.25) is 0 Å². The van der Waals surface area contributed by atoms with Crippen molar-refractivity contribution in [3.05, 3.63) is 0 Å². The standard InChI is InChI=1S/C17H31NO/c1-16(2,3)13-11-10-12-8-7-9-14(12)18(15(13)19)17(4,5)6/h12-14H,7-11H2,1-6H3. The molecule has 0 bridgehead atoms. The van der Waals surface area contributed by atoms with E-state index >= 15 is 0 Å². The predicted molar refractivity (Wildman–Crippen MR) is 79.9 cm³/mol. The maximum absolute atomic E-state index is 13.1. The molecule has 1 saturated heterocycles. The second-order valence-corrected chi connectivity index (χ2v) is 8.63. The fraction of sp³-hybridized carbons (Fsp3) is 0.941. The second-order valence-electron chi connectivity index (χ2n) is 8.63. The summed E-state index contributed by atoms with van der Waals surface area (Å²) in [4.78, 5) is 15.4. The zero-order valence-electron chi connectivity index (χ0n) is 13.6. The number of rotatable bonds is 0. The SMILES string of the molecule is CC(C)(C)C1CCC2CCCC2N(C(C)(C)C)C1=O. The molecular formula is C17H31NO. The Morgan fingerprint density at radius 2 is 1.58 bits per heavy atom. The molecule has 1 aliphatic heterocycles. The minimum absolute atomic E-state index is 0.0435. The Labute approximate surface area is 118 Å². The van der Waals surface area contributed by atoms with Gasteiger partial charge >= 0.3 is 0 Å². The molecular weight excluding hydrogens is 234 g/mol. The van der Waals surface area contributed by atoms with E-state index in [0.29, 0.717) is 11.9 Å². The predicted octanol–water partition coefficient (Wildman–Crippen LogP) is 4.24. The molecule has 0 N–H and O–H groups in total. The average molecular weight is 265 g/mol. The van der Waals surface area contributed by atoms with Crippen molar-refractivity contribution in [1.82, 2.24) is 4.90 Å². The highest BCUT2D eigenvalue weighted by atomic mass is 16.2. The molecule has 3 unspecified atom stereocenters. The summed E-state index contributed by atoms with van der Waals surface area (Å²) in [6, 6.07) is 0.500. The lowest BCUT2D eigenvalue weighted by Gasteiger charge is -2.44. The summed E-state index contributed by atoms with van der Waals surface area (Å²) in [5.74, 6) is 1.35. The van der Waals surface area contributed by atoms with E-state index in [1.807, 2.05) is 0 Å². The van der Waals surface area contributed by atoms with Crippen LogP contribution >= 0.6 is 0 Å². The maximum atomic E-state index is 13.1. The molecule has 1 saturated carbocycles. The normalized spacial score (nSPS) is 33.3. The number of nitrogens with zero attached hydrogens (tertiary/aromatic N) is 1. The maximum Gasteiger partial charge on any atom is 0.226 e. The van der Waals surface area contributed by atoms with Crippen LogP contribution in [0.3, 0.4) is 0 Å². The van der Waals surface area contributed by atoms with Gasteiger partial charge in [0.2, 0.25) is 5.91 Å². The van der Waals surface area contributed by atoms with E-state index in [1.165, 1.54) is 25.7 Å². The van der Waals surface area contributed by atoms with Crippen molar-refractivity contribution >= 4 is 5.91 Å². The first-order chi connectivity index (χ1) is 8.62. The van der Waals surface area contributed by atoms with Crippen molar-refractivity contribution in [1.29, 1.82) is 0 Å². The van der Waals surface area contributed by atoms with Crippen LogP contribution in [0, 0.1) is 17.3 Å². The van der Waals surface area contributed by atoms with Gasteiger partial charge in [-0.25, -0.2) is 0 Å². The van der Waals surface area contributed by atoms with Crippen LogP contribution in [0.4, 0.5) is 0 Å². The van der Waals surface area contributed by atoms with Crippen LogP contribution in [-0.4, -0.2) is 22.4 Å². The van der Waals surface area contributed by atoms with Crippen LogP contribution in [0.5, 0.6) is 0 Å². The number of likely N-dealkylation sites (tertiary alicyclic amines) is 1. The summed E-state index contributed by atoms with van der Waals surface area (Å²) < 4.78 is 0. The Morgan fingerprint density at radius 1 is 0.947 bits per heavy atom. The van der Waals surface area contributed by atoms with Crippen molar-refractivity contribution < 1.29 is 4.79 Å². The Bertz CT molecular complexity index is 347. The second kappa shape index (κ2) is 4.79. The van der Waals surface area contributed by atoms with Crippen molar-refractivity contribution in [2.75, 3.05) is 0 Å². The number of fused-ring (bicyclic) bond motifs is 1. The van der Waals surface area contributed by atoms with Gasteiger partial charge < -0.3 is 4.90 Å². The van der Waals surface area contributed by atoms with Crippen molar-refractivity contribution in [2.45, 2.75) is 85.2 Å². The summed E-state index contributed by atoms with van der Waals surface area (Å²) in [6.45, 7) is 13.3. The van der Waals surface area contributed by atoms with Crippen molar-refractivity contribution in [2.24, 2.45) is 17.3 Å². The van der Waals surface area contributed by atoms with E-state index in [1.54, 1.807) is 0 Å². The van der Waals surface area contributed by atoms with E-state index < -0.39 is 0 Å². The van der Waals surface area contributed by atoms with Gasteiger partial charge in [-0.2, -0.15) is 0 Å². The van der Waals surface area contributed by atoms with Gasteiger partial charge in [0.1, 0.15) is 0 Å². The van der Waals surface area contributed by atoms with Gasteiger partial charge in [0.15, 0.2) is 0 Å². The van der Waals surface area contributed by atoms with Crippen LogP contribution in [0.25, 0.3) is 0 Å². The van der Waals surface area contributed by atoms with Crippen molar-refractivity contribution in [3.63, 3.8) is 0 Å². The van der Waals surface area contributed by atoms with E-state index in [9.17, 15) is 4.79 Å². The molecule has 2 aliphatic rings. The molecule has 1 amide bonds. The number of hydrogen-bond donors (Lipinski definition) is 0. The molecule has 2 fully saturated rings. The van der Waals surface area contributed by atoms with Crippen LogP contribution in [-0.2, 0) is 4.79 Å². The van der Waals surface area contributed by atoms with Gasteiger partial charge in [-0.05, 0) is 57.8 Å². The third-order valence-corrected chi connectivity index (χ3v) is 5.08. The third kappa shape index (κ3) is 2.83. The fourth-order valence-electron chi connectivity index (χ4n) is 4.16. The fourth-order valence-corrected chi connectivity index (χ4v) is 4.16. The monoisotopic (exact) mass is 265 g/mol. The number of hydrogen-bond acceptors (Lipinski definition) is 1. The zero-order chi connectivity index (χ0) is 14.4. The van der Waals surface area contributed by atoms with Crippen LogP contribution < -0.4 is 0 Å². The molecule has 2 rings (SSSR count). The quantitative estimate of drug-likeness (QED) is 0.641. The summed E-state index contributed by atoms with van der Waals surface area (Å²) in [5, 5.41) is 0. The summed E-state index contributed by atoms with van der Waals surface area (Å²) in [7, 11) is 0. The molecule has 2 heteroatoms. The van der Waals surface area contributed by atoms with Gasteiger partial charge in [0.05, 0.1) is 0 Å². The summed E-state index contributed by atoms with van der Waals surface area (Å²) in [5.41, 5.74) is 0.0391. The van der Waals surface area contributed by atoms with Gasteiger partial charge in [0.25, 0.3) is 0 Å². The van der Waals surface area contributed by atoms with Crippen molar-refractivity contribution in [3.8, 4) is 0 Å². The van der Waals surface area contributed by atoms with Gasteiger partial charge in [-0.3, -0.25) is 4.79 Å². The summed E-state index contributed by atoms with van der Waals surface area (Å²) in [6.07, 6.45) is 6.16. The number of carbonyl (C=O) groups excluding carboxylic acids is 1. The molecule has 0 spiro atoms. The largest absolute Gasteiger partial charge is 0.334 e. The molecule has 0 aromatic carbocycles. The first-order valence-electron chi connectivity index (χ1n) is 7.95. The molecule has 19 heavy (non-hydrogen) atoms. The molecule has 1 aliphatic carbocycles. The first kappa shape index (κ1) is 14.9. The van der Waals surface area contributed by atoms with Crippen LogP contribution in [0.15, 0.2) is 0 Å². The lowest BCUT2D eigenvalue weighted by atomic mass is 9.77.